The average molecular weight is 477 g/mol. The number of hydrogen-bond acceptors (Lipinski definition) is 0. The minimum atomic E-state index is 0.527. The molecule has 0 spiro atoms. The van der Waals surface area contributed by atoms with Gasteiger partial charge in [0.05, 0.1) is 0 Å². The van der Waals surface area contributed by atoms with E-state index >= 15 is 0 Å². The molecule has 204 valence electrons. The Morgan fingerprint density at radius 2 is 0.824 bits per heavy atom. The number of allylic oxidation sites excluding steroid dienone is 2. The molecule has 34 heavy (non-hydrogen) atoms. The summed E-state index contributed by atoms with van der Waals surface area (Å²) in [7, 11) is 0. The van der Waals surface area contributed by atoms with Crippen molar-refractivity contribution in [2.24, 2.45) is 11.3 Å². The molecule has 0 aliphatic rings. The Bertz CT molecular complexity index is 399. The summed E-state index contributed by atoms with van der Waals surface area (Å²) >= 11 is 0. The number of hydrogen-bond donors (Lipinski definition) is 0. The minimum absolute atomic E-state index is 0.527. The van der Waals surface area contributed by atoms with Gasteiger partial charge in [-0.1, -0.05) is 175 Å². The molecule has 0 aromatic heterocycles. The second-order valence-corrected chi connectivity index (χ2v) is 12.8. The van der Waals surface area contributed by atoms with Crippen molar-refractivity contribution in [1.29, 1.82) is 0 Å². The molecule has 0 aliphatic carbocycles. The third-order valence-corrected chi connectivity index (χ3v) is 7.58. The highest BCUT2D eigenvalue weighted by molar-refractivity contribution is 4.81. The quantitative estimate of drug-likeness (QED) is 0.0859. The van der Waals surface area contributed by atoms with E-state index in [0.29, 0.717) is 5.41 Å². The van der Waals surface area contributed by atoms with Crippen molar-refractivity contribution in [2.75, 3.05) is 0 Å². The molecule has 1 unspecified atom stereocenters. The molecule has 0 rings (SSSR count). The Balaban J connectivity index is 3.15. The maximum Gasteiger partial charge on any atom is -0.0351 e. The van der Waals surface area contributed by atoms with Crippen molar-refractivity contribution in [2.45, 2.75) is 195 Å². The summed E-state index contributed by atoms with van der Waals surface area (Å²) in [5.41, 5.74) is 0.527. The lowest BCUT2D eigenvalue weighted by molar-refractivity contribution is 0.356. The van der Waals surface area contributed by atoms with Crippen LogP contribution < -0.4 is 0 Å². The van der Waals surface area contributed by atoms with Gasteiger partial charge in [0.2, 0.25) is 0 Å². The van der Waals surface area contributed by atoms with E-state index < -0.39 is 0 Å². The van der Waals surface area contributed by atoms with Crippen LogP contribution in [0.2, 0.25) is 0 Å². The van der Waals surface area contributed by atoms with Crippen molar-refractivity contribution < 1.29 is 0 Å². The largest absolute Gasteiger partial charge is 0.0885 e. The third-order valence-electron chi connectivity index (χ3n) is 7.58. The standard InChI is InChI=1S/C34H68/c1-6-7-30-33(2)31-28-26-24-22-20-18-16-14-12-10-8-9-11-13-15-17-19-21-23-25-27-29-32-34(3,4)5/h9,11,33H,6-8,10,12-32H2,1-5H3. The Morgan fingerprint density at radius 3 is 1.24 bits per heavy atom. The fourth-order valence-corrected chi connectivity index (χ4v) is 5.08. The highest BCUT2D eigenvalue weighted by Gasteiger charge is 2.08. The molecule has 0 radical (unpaired) electrons. The van der Waals surface area contributed by atoms with Crippen LogP contribution in [0.5, 0.6) is 0 Å². The normalized spacial score (nSPS) is 13.2. The van der Waals surface area contributed by atoms with Gasteiger partial charge >= 0.3 is 0 Å². The third kappa shape index (κ3) is 29.8. The van der Waals surface area contributed by atoms with Crippen LogP contribution in [0.1, 0.15) is 195 Å². The molecule has 0 heterocycles. The van der Waals surface area contributed by atoms with Gasteiger partial charge in [0.25, 0.3) is 0 Å². The smallest absolute Gasteiger partial charge is 0.0351 e. The topological polar surface area (TPSA) is 0 Å². The molecule has 0 saturated carbocycles. The molecule has 0 amide bonds. The minimum Gasteiger partial charge on any atom is -0.0885 e. The molecular weight excluding hydrogens is 408 g/mol. The van der Waals surface area contributed by atoms with Crippen LogP contribution in [-0.2, 0) is 0 Å². The summed E-state index contributed by atoms with van der Waals surface area (Å²) < 4.78 is 0. The van der Waals surface area contributed by atoms with Gasteiger partial charge in [-0.25, -0.2) is 0 Å². The molecule has 0 saturated heterocycles. The number of rotatable bonds is 26. The van der Waals surface area contributed by atoms with E-state index in [4.69, 9.17) is 0 Å². The van der Waals surface area contributed by atoms with Crippen LogP contribution in [0.3, 0.4) is 0 Å². The van der Waals surface area contributed by atoms with Crippen LogP contribution in [0.15, 0.2) is 12.2 Å². The van der Waals surface area contributed by atoms with Gasteiger partial charge in [-0.3, -0.25) is 0 Å². The summed E-state index contributed by atoms with van der Waals surface area (Å²) in [5, 5.41) is 0. The first kappa shape index (κ1) is 33.7. The Morgan fingerprint density at radius 1 is 0.471 bits per heavy atom. The molecule has 0 nitrogen and oxygen atoms in total. The molecule has 0 aliphatic heterocycles. The van der Waals surface area contributed by atoms with Crippen LogP contribution in [0, 0.1) is 11.3 Å². The van der Waals surface area contributed by atoms with Gasteiger partial charge in [-0.15, -0.1) is 0 Å². The first-order valence-corrected chi connectivity index (χ1v) is 16.1. The zero-order chi connectivity index (χ0) is 25.2. The molecule has 0 bridgehead atoms. The van der Waals surface area contributed by atoms with Crippen molar-refractivity contribution in [1.82, 2.24) is 0 Å². The van der Waals surface area contributed by atoms with Crippen LogP contribution in [0.25, 0.3) is 0 Å². The van der Waals surface area contributed by atoms with Crippen molar-refractivity contribution in [3.63, 3.8) is 0 Å². The van der Waals surface area contributed by atoms with E-state index in [1.165, 1.54) is 161 Å². The van der Waals surface area contributed by atoms with Crippen molar-refractivity contribution in [3.05, 3.63) is 12.2 Å². The molecule has 0 fully saturated rings. The monoisotopic (exact) mass is 477 g/mol. The molecular formula is C34H68. The lowest BCUT2D eigenvalue weighted by Crippen LogP contribution is -2.03. The van der Waals surface area contributed by atoms with Gasteiger partial charge in [0.1, 0.15) is 0 Å². The summed E-state index contributed by atoms with van der Waals surface area (Å²) in [6.45, 7) is 11.8. The fourth-order valence-electron chi connectivity index (χ4n) is 5.08. The Labute approximate surface area is 218 Å². The van der Waals surface area contributed by atoms with Gasteiger partial charge in [-0.2, -0.15) is 0 Å². The zero-order valence-electron chi connectivity index (χ0n) is 24.9. The highest BCUT2D eigenvalue weighted by atomic mass is 14.1. The van der Waals surface area contributed by atoms with Gasteiger partial charge in [-0.05, 0) is 43.4 Å². The SMILES string of the molecule is CCCCC(C)CCCCCCCCCCCCC=CCCCCCCCCCCC(C)(C)C. The lowest BCUT2D eigenvalue weighted by atomic mass is 9.89. The first-order valence-electron chi connectivity index (χ1n) is 16.1. The molecule has 0 aromatic rings. The summed E-state index contributed by atoms with van der Waals surface area (Å²) in [6.07, 6.45) is 40.7. The van der Waals surface area contributed by atoms with Gasteiger partial charge < -0.3 is 0 Å². The molecule has 0 N–H and O–H groups in total. The van der Waals surface area contributed by atoms with Crippen LogP contribution >= 0.6 is 0 Å². The van der Waals surface area contributed by atoms with Crippen molar-refractivity contribution in [3.8, 4) is 0 Å². The van der Waals surface area contributed by atoms with E-state index in [2.05, 4.69) is 46.8 Å². The van der Waals surface area contributed by atoms with Crippen molar-refractivity contribution >= 4 is 0 Å². The van der Waals surface area contributed by atoms with Crippen LogP contribution in [0.4, 0.5) is 0 Å². The zero-order valence-corrected chi connectivity index (χ0v) is 24.9. The Kier molecular flexibility index (Phi) is 25.6. The van der Waals surface area contributed by atoms with E-state index in [9.17, 15) is 0 Å². The maximum absolute atomic E-state index is 2.46. The molecule has 0 heteroatoms. The predicted octanol–water partition coefficient (Wildman–Crippen LogP) is 13.0. The second-order valence-electron chi connectivity index (χ2n) is 12.8. The number of unbranched alkanes of at least 4 members (excludes halogenated alkanes) is 19. The Hall–Kier alpha value is -0.260. The molecule has 1 atom stereocenters. The fraction of sp³-hybridized carbons (Fsp3) is 0.941. The second kappa shape index (κ2) is 25.8. The molecule has 0 aromatic carbocycles. The highest BCUT2D eigenvalue weighted by Crippen LogP contribution is 2.23. The van der Waals surface area contributed by atoms with E-state index in [-0.39, 0.29) is 0 Å². The predicted molar refractivity (Wildman–Crippen MR) is 159 cm³/mol. The van der Waals surface area contributed by atoms with Crippen LogP contribution in [-0.4, -0.2) is 0 Å². The average Bonchev–Trinajstić information content (AvgIpc) is 2.79. The summed E-state index contributed by atoms with van der Waals surface area (Å²) in [4.78, 5) is 0. The lowest BCUT2D eigenvalue weighted by Gasteiger charge is -2.17. The first-order chi connectivity index (χ1) is 16.5. The van der Waals surface area contributed by atoms with Gasteiger partial charge in [0.15, 0.2) is 0 Å². The summed E-state index contributed by atoms with van der Waals surface area (Å²) in [6, 6.07) is 0. The van der Waals surface area contributed by atoms with E-state index in [0.717, 1.165) is 5.92 Å². The van der Waals surface area contributed by atoms with Gasteiger partial charge in [0, 0.05) is 0 Å². The maximum atomic E-state index is 2.46. The summed E-state index contributed by atoms with van der Waals surface area (Å²) in [5.74, 6) is 0.961. The van der Waals surface area contributed by atoms with E-state index in [1.54, 1.807) is 0 Å². The van der Waals surface area contributed by atoms with E-state index in [1.807, 2.05) is 0 Å².